The molecule has 0 radical (unpaired) electrons. The first kappa shape index (κ1) is 17.0. The van der Waals surface area contributed by atoms with E-state index >= 15 is 0 Å². The number of hydrogen-bond acceptors (Lipinski definition) is 6. The Morgan fingerprint density at radius 2 is 1.70 bits per heavy atom. The van der Waals surface area contributed by atoms with E-state index in [-0.39, 0.29) is 12.5 Å². The fraction of sp³-hybridized carbons (Fsp3) is 0.158. The second-order valence-corrected chi connectivity index (χ2v) is 5.95. The van der Waals surface area contributed by atoms with Crippen LogP contribution in [0.15, 0.2) is 42.5 Å². The molecule has 1 aliphatic heterocycles. The van der Waals surface area contributed by atoms with Gasteiger partial charge in [0.25, 0.3) is 0 Å². The van der Waals surface area contributed by atoms with Crippen LogP contribution in [0, 0.1) is 18.6 Å². The number of anilines is 3. The van der Waals surface area contributed by atoms with Gasteiger partial charge in [-0.1, -0.05) is 12.1 Å². The molecule has 0 saturated heterocycles. The lowest BCUT2D eigenvalue weighted by atomic mass is 10.2. The average molecular weight is 370 g/mol. The number of benzene rings is 2. The van der Waals surface area contributed by atoms with Crippen molar-refractivity contribution >= 4 is 17.3 Å². The summed E-state index contributed by atoms with van der Waals surface area (Å²) in [6.45, 7) is 2.41. The molecule has 0 aliphatic carbocycles. The van der Waals surface area contributed by atoms with Crippen molar-refractivity contribution in [1.29, 1.82) is 0 Å². The van der Waals surface area contributed by atoms with Gasteiger partial charge in [0.1, 0.15) is 34.8 Å². The van der Waals surface area contributed by atoms with Gasteiger partial charge < -0.3 is 20.1 Å². The first-order valence-corrected chi connectivity index (χ1v) is 8.27. The molecule has 6 nitrogen and oxygen atoms in total. The van der Waals surface area contributed by atoms with Crippen molar-refractivity contribution in [3.8, 4) is 11.5 Å². The number of rotatable bonds is 5. The van der Waals surface area contributed by atoms with Gasteiger partial charge in [-0.25, -0.2) is 18.7 Å². The van der Waals surface area contributed by atoms with E-state index in [0.29, 0.717) is 29.8 Å². The fourth-order valence-corrected chi connectivity index (χ4v) is 2.71. The molecule has 2 heterocycles. The van der Waals surface area contributed by atoms with E-state index in [2.05, 4.69) is 20.6 Å². The molecule has 8 heteroatoms. The fourth-order valence-electron chi connectivity index (χ4n) is 2.71. The maximum absolute atomic E-state index is 13.8. The minimum Gasteiger partial charge on any atom is -0.454 e. The standard InChI is InChI=1S/C19H16F2N4O2/c1-11-23-17(22-9-12-5-6-15-16(7-12)27-10-26-15)8-18(24-11)25-19-13(20)3-2-4-14(19)21/h2-8H,9-10H2,1H3,(H2,22,23,24,25). The van der Waals surface area contributed by atoms with Crippen LogP contribution >= 0.6 is 0 Å². The van der Waals surface area contributed by atoms with Gasteiger partial charge >= 0.3 is 0 Å². The predicted octanol–water partition coefficient (Wildman–Crippen LogP) is 4.15. The van der Waals surface area contributed by atoms with Gasteiger partial charge in [0, 0.05) is 12.6 Å². The van der Waals surface area contributed by atoms with E-state index in [9.17, 15) is 8.78 Å². The van der Waals surface area contributed by atoms with Crippen LogP contribution in [0.5, 0.6) is 11.5 Å². The molecule has 1 aromatic heterocycles. The number of ether oxygens (including phenoxy) is 2. The maximum Gasteiger partial charge on any atom is 0.231 e. The molecular weight excluding hydrogens is 354 g/mol. The van der Waals surface area contributed by atoms with Gasteiger partial charge in [-0.3, -0.25) is 0 Å². The van der Waals surface area contributed by atoms with Crippen molar-refractivity contribution in [3.05, 3.63) is 65.5 Å². The minimum absolute atomic E-state index is 0.221. The molecular formula is C19H16F2N4O2. The Morgan fingerprint density at radius 1 is 0.963 bits per heavy atom. The summed E-state index contributed by atoms with van der Waals surface area (Å²) in [5.41, 5.74) is 0.725. The number of aromatic nitrogens is 2. The Bertz CT molecular complexity index is 977. The van der Waals surface area contributed by atoms with Crippen LogP contribution in [0.4, 0.5) is 26.1 Å². The van der Waals surface area contributed by atoms with E-state index in [1.54, 1.807) is 13.0 Å². The minimum atomic E-state index is -0.693. The summed E-state index contributed by atoms with van der Waals surface area (Å²) in [5, 5.41) is 5.85. The predicted molar refractivity (Wildman–Crippen MR) is 96.3 cm³/mol. The van der Waals surface area contributed by atoms with Crippen LogP contribution in [-0.4, -0.2) is 16.8 Å². The van der Waals surface area contributed by atoms with E-state index in [1.807, 2.05) is 18.2 Å². The van der Waals surface area contributed by atoms with Crippen molar-refractivity contribution in [2.75, 3.05) is 17.4 Å². The summed E-state index contributed by atoms with van der Waals surface area (Å²) in [7, 11) is 0. The second kappa shape index (κ2) is 7.06. The molecule has 0 amide bonds. The Hall–Kier alpha value is -3.42. The molecule has 0 fully saturated rings. The quantitative estimate of drug-likeness (QED) is 0.703. The maximum atomic E-state index is 13.8. The smallest absolute Gasteiger partial charge is 0.231 e. The summed E-state index contributed by atoms with van der Waals surface area (Å²) >= 11 is 0. The Labute approximate surface area is 154 Å². The molecule has 0 bridgehead atoms. The zero-order valence-corrected chi connectivity index (χ0v) is 14.4. The Morgan fingerprint density at radius 3 is 2.52 bits per heavy atom. The van der Waals surface area contributed by atoms with Crippen molar-refractivity contribution in [1.82, 2.24) is 9.97 Å². The SMILES string of the molecule is Cc1nc(NCc2ccc3c(c2)OCO3)cc(Nc2c(F)cccc2F)n1. The topological polar surface area (TPSA) is 68.3 Å². The number of nitrogens with zero attached hydrogens (tertiary/aromatic N) is 2. The van der Waals surface area contributed by atoms with Crippen molar-refractivity contribution < 1.29 is 18.3 Å². The van der Waals surface area contributed by atoms with Crippen LogP contribution in [0.2, 0.25) is 0 Å². The summed E-state index contributed by atoms with van der Waals surface area (Å²) in [5.74, 6) is 1.31. The van der Waals surface area contributed by atoms with E-state index in [1.165, 1.54) is 18.2 Å². The van der Waals surface area contributed by atoms with Gasteiger partial charge in [-0.15, -0.1) is 0 Å². The van der Waals surface area contributed by atoms with E-state index in [4.69, 9.17) is 9.47 Å². The van der Waals surface area contributed by atoms with Gasteiger partial charge in [0.2, 0.25) is 6.79 Å². The zero-order chi connectivity index (χ0) is 18.8. The van der Waals surface area contributed by atoms with Gasteiger partial charge in [-0.2, -0.15) is 0 Å². The number of hydrogen-bond donors (Lipinski definition) is 2. The van der Waals surface area contributed by atoms with Crippen LogP contribution in [0.3, 0.4) is 0 Å². The van der Waals surface area contributed by atoms with E-state index in [0.717, 1.165) is 11.3 Å². The number of aryl methyl sites for hydroxylation is 1. The molecule has 3 aromatic rings. The van der Waals surface area contributed by atoms with Crippen LogP contribution in [0.1, 0.15) is 11.4 Å². The average Bonchev–Trinajstić information content (AvgIpc) is 3.11. The third-order valence-electron chi connectivity index (χ3n) is 3.96. The summed E-state index contributed by atoms with van der Waals surface area (Å²) in [6.07, 6.45) is 0. The molecule has 2 N–H and O–H groups in total. The lowest BCUT2D eigenvalue weighted by Gasteiger charge is -2.11. The van der Waals surface area contributed by atoms with Crippen molar-refractivity contribution in [2.24, 2.45) is 0 Å². The molecule has 2 aromatic carbocycles. The molecule has 27 heavy (non-hydrogen) atoms. The molecule has 0 spiro atoms. The van der Waals surface area contributed by atoms with Crippen LogP contribution in [-0.2, 0) is 6.54 Å². The molecule has 0 unspecified atom stereocenters. The first-order chi connectivity index (χ1) is 13.1. The molecule has 4 rings (SSSR count). The third kappa shape index (κ3) is 3.74. The van der Waals surface area contributed by atoms with Crippen molar-refractivity contribution in [2.45, 2.75) is 13.5 Å². The lowest BCUT2D eigenvalue weighted by molar-refractivity contribution is 0.174. The van der Waals surface area contributed by atoms with Gasteiger partial charge in [0.05, 0.1) is 0 Å². The van der Waals surface area contributed by atoms with Gasteiger partial charge in [-0.05, 0) is 36.8 Å². The number of para-hydroxylation sites is 1. The molecule has 0 saturated carbocycles. The normalized spacial score (nSPS) is 12.1. The summed E-state index contributed by atoms with van der Waals surface area (Å²) in [4.78, 5) is 8.48. The summed E-state index contributed by atoms with van der Waals surface area (Å²) < 4.78 is 38.3. The Kier molecular flexibility index (Phi) is 4.45. The highest BCUT2D eigenvalue weighted by Gasteiger charge is 2.14. The molecule has 138 valence electrons. The van der Waals surface area contributed by atoms with E-state index < -0.39 is 11.6 Å². The summed E-state index contributed by atoms with van der Waals surface area (Å²) in [6, 6.07) is 10.9. The molecule has 0 atom stereocenters. The number of fused-ring (bicyclic) bond motifs is 1. The van der Waals surface area contributed by atoms with Crippen LogP contribution < -0.4 is 20.1 Å². The monoisotopic (exact) mass is 370 g/mol. The Balaban J connectivity index is 1.50. The second-order valence-electron chi connectivity index (χ2n) is 5.95. The first-order valence-electron chi connectivity index (χ1n) is 8.27. The lowest BCUT2D eigenvalue weighted by Crippen LogP contribution is -2.06. The largest absolute Gasteiger partial charge is 0.454 e. The van der Waals surface area contributed by atoms with Crippen LogP contribution in [0.25, 0.3) is 0 Å². The molecule has 1 aliphatic rings. The number of halogens is 2. The third-order valence-corrected chi connectivity index (χ3v) is 3.96. The highest BCUT2D eigenvalue weighted by molar-refractivity contribution is 5.60. The van der Waals surface area contributed by atoms with Gasteiger partial charge in [0.15, 0.2) is 11.5 Å². The number of nitrogens with one attached hydrogen (secondary N) is 2. The highest BCUT2D eigenvalue weighted by atomic mass is 19.1. The van der Waals surface area contributed by atoms with Crippen molar-refractivity contribution in [3.63, 3.8) is 0 Å². The zero-order valence-electron chi connectivity index (χ0n) is 14.4. The highest BCUT2D eigenvalue weighted by Crippen LogP contribution is 2.32.